The van der Waals surface area contributed by atoms with E-state index in [2.05, 4.69) is 28.2 Å². The van der Waals surface area contributed by atoms with Crippen molar-refractivity contribution in [2.75, 3.05) is 4.72 Å². The second kappa shape index (κ2) is 9.98. The molecule has 3 aromatic carbocycles. The van der Waals surface area contributed by atoms with Crippen molar-refractivity contribution >= 4 is 33.2 Å². The molecule has 0 saturated heterocycles. The van der Waals surface area contributed by atoms with Crippen molar-refractivity contribution in [1.29, 1.82) is 0 Å². The van der Waals surface area contributed by atoms with E-state index in [9.17, 15) is 13.2 Å². The van der Waals surface area contributed by atoms with E-state index in [1.54, 1.807) is 36.4 Å². The molecule has 0 bridgehead atoms. The first kappa shape index (κ1) is 23.3. The van der Waals surface area contributed by atoms with Gasteiger partial charge in [0.2, 0.25) is 0 Å². The number of amides is 1. The van der Waals surface area contributed by atoms with Crippen molar-refractivity contribution < 1.29 is 13.2 Å². The monoisotopic (exact) mass is 482 g/mol. The van der Waals surface area contributed by atoms with Gasteiger partial charge in [0.25, 0.3) is 15.9 Å². The molecule has 7 heteroatoms. The van der Waals surface area contributed by atoms with Gasteiger partial charge in [0, 0.05) is 11.3 Å². The molecule has 4 rings (SSSR count). The zero-order valence-electron chi connectivity index (χ0n) is 18.5. The van der Waals surface area contributed by atoms with E-state index in [4.69, 9.17) is 11.6 Å². The summed E-state index contributed by atoms with van der Waals surface area (Å²) in [5.74, 6) is -0.340. The van der Waals surface area contributed by atoms with Gasteiger partial charge in [-0.3, -0.25) is 9.52 Å². The zero-order valence-corrected chi connectivity index (χ0v) is 20.0. The van der Waals surface area contributed by atoms with Gasteiger partial charge in [0.1, 0.15) is 4.90 Å². The molecule has 2 N–H and O–H groups in total. The quantitative estimate of drug-likeness (QED) is 0.440. The van der Waals surface area contributed by atoms with E-state index in [1.807, 2.05) is 6.92 Å². The third kappa shape index (κ3) is 5.40. The van der Waals surface area contributed by atoms with E-state index in [0.717, 1.165) is 24.8 Å². The summed E-state index contributed by atoms with van der Waals surface area (Å²) in [5.41, 5.74) is 4.48. The molecule has 1 atom stereocenters. The number of anilines is 1. The van der Waals surface area contributed by atoms with Gasteiger partial charge in [-0.1, -0.05) is 54.9 Å². The molecule has 0 aliphatic heterocycles. The lowest BCUT2D eigenvalue weighted by Gasteiger charge is -2.22. The van der Waals surface area contributed by atoms with Crippen molar-refractivity contribution in [1.82, 2.24) is 5.32 Å². The fourth-order valence-electron chi connectivity index (χ4n) is 4.20. The number of carbonyl (C=O) groups excluding carboxylic acids is 1. The summed E-state index contributed by atoms with van der Waals surface area (Å²) in [4.78, 5) is 12.9. The second-order valence-corrected chi connectivity index (χ2v) is 10.3. The Hall–Kier alpha value is -2.83. The number of hydrogen-bond acceptors (Lipinski definition) is 3. The molecule has 0 saturated carbocycles. The highest BCUT2D eigenvalue weighted by Crippen LogP contribution is 2.28. The number of fused-ring (bicyclic) bond motifs is 1. The lowest BCUT2D eigenvalue weighted by molar-refractivity contribution is 0.0935. The Morgan fingerprint density at radius 2 is 1.70 bits per heavy atom. The van der Waals surface area contributed by atoms with Gasteiger partial charge >= 0.3 is 0 Å². The maximum Gasteiger partial charge on any atom is 0.263 e. The number of benzene rings is 3. The first-order valence-corrected chi connectivity index (χ1v) is 13.0. The van der Waals surface area contributed by atoms with Crippen molar-refractivity contribution in [2.45, 2.75) is 50.0 Å². The summed E-state index contributed by atoms with van der Waals surface area (Å²) in [6, 6.07) is 19.1. The molecule has 172 valence electrons. The Morgan fingerprint density at radius 3 is 2.42 bits per heavy atom. The first-order valence-electron chi connectivity index (χ1n) is 11.2. The van der Waals surface area contributed by atoms with E-state index in [-0.39, 0.29) is 27.4 Å². The Kier molecular flexibility index (Phi) is 7.05. The Morgan fingerprint density at radius 1 is 0.970 bits per heavy atom. The number of aryl methyl sites for hydroxylation is 2. The van der Waals surface area contributed by atoms with Gasteiger partial charge in [-0.25, -0.2) is 8.42 Å². The predicted molar refractivity (Wildman–Crippen MR) is 132 cm³/mol. The molecule has 1 aliphatic carbocycles. The van der Waals surface area contributed by atoms with Crippen LogP contribution in [0.1, 0.15) is 59.3 Å². The fourth-order valence-corrected chi connectivity index (χ4v) is 5.79. The maximum absolute atomic E-state index is 13.1. The minimum Gasteiger partial charge on any atom is -0.345 e. The van der Waals surface area contributed by atoms with Crippen molar-refractivity contribution in [3.63, 3.8) is 0 Å². The fraction of sp³-hybridized carbons (Fsp3) is 0.269. The normalized spacial score (nSPS) is 14.2. The molecule has 0 aromatic heterocycles. The van der Waals surface area contributed by atoms with Crippen molar-refractivity contribution in [3.8, 4) is 0 Å². The topological polar surface area (TPSA) is 75.3 Å². The molecule has 33 heavy (non-hydrogen) atoms. The van der Waals surface area contributed by atoms with Crippen LogP contribution in [0, 0.1) is 0 Å². The van der Waals surface area contributed by atoms with E-state index in [1.165, 1.54) is 36.1 Å². The highest BCUT2D eigenvalue weighted by atomic mass is 35.5. The number of para-hydroxylation sites is 1. The van der Waals surface area contributed by atoms with E-state index >= 15 is 0 Å². The Balaban J connectivity index is 1.56. The van der Waals surface area contributed by atoms with Crippen LogP contribution < -0.4 is 10.0 Å². The van der Waals surface area contributed by atoms with Gasteiger partial charge < -0.3 is 5.32 Å². The van der Waals surface area contributed by atoms with Gasteiger partial charge in [0.05, 0.1) is 11.1 Å². The molecule has 0 radical (unpaired) electrons. The van der Waals surface area contributed by atoms with Crippen LogP contribution in [0.5, 0.6) is 0 Å². The maximum atomic E-state index is 13.1. The highest BCUT2D eigenvalue weighted by molar-refractivity contribution is 7.92. The smallest absolute Gasteiger partial charge is 0.263 e. The number of sulfonamides is 1. The lowest BCUT2D eigenvalue weighted by atomic mass is 9.88. The van der Waals surface area contributed by atoms with Crippen molar-refractivity contribution in [3.05, 3.63) is 94.0 Å². The predicted octanol–water partition coefficient (Wildman–Crippen LogP) is 5.90. The molecule has 0 unspecified atom stereocenters. The van der Waals surface area contributed by atoms with Crippen LogP contribution in [0.4, 0.5) is 5.69 Å². The molecule has 0 spiro atoms. The number of halogens is 1. The summed E-state index contributed by atoms with van der Waals surface area (Å²) >= 11 is 6.20. The van der Waals surface area contributed by atoms with Crippen LogP contribution in [0.15, 0.2) is 71.6 Å². The van der Waals surface area contributed by atoms with E-state index in [0.29, 0.717) is 5.69 Å². The largest absolute Gasteiger partial charge is 0.345 e. The standard InChI is InChI=1S/C26H27ClN2O3S/c1-2-24(20-13-12-18-8-6-7-9-19(18)16-20)28-26(30)21-14-15-23(27)25(17-21)33(31,32)29-22-10-4-3-5-11-22/h3-5,10-17,24,29H,2,6-9H2,1H3,(H,28,30)/t24-/m1/s1. The average Bonchev–Trinajstić information content (AvgIpc) is 2.82. The molecule has 1 aliphatic rings. The van der Waals surface area contributed by atoms with Crippen LogP contribution in [-0.4, -0.2) is 14.3 Å². The third-order valence-electron chi connectivity index (χ3n) is 6.00. The van der Waals surface area contributed by atoms with Crippen LogP contribution in [0.2, 0.25) is 5.02 Å². The van der Waals surface area contributed by atoms with E-state index < -0.39 is 10.0 Å². The van der Waals surface area contributed by atoms with Crippen LogP contribution in [0.3, 0.4) is 0 Å². The van der Waals surface area contributed by atoms with Crippen LogP contribution >= 0.6 is 11.6 Å². The first-order chi connectivity index (χ1) is 15.9. The van der Waals surface area contributed by atoms with Gasteiger partial charge in [-0.2, -0.15) is 0 Å². The molecule has 0 heterocycles. The zero-order chi connectivity index (χ0) is 23.4. The third-order valence-corrected chi connectivity index (χ3v) is 7.86. The minimum absolute atomic E-state index is 0.0525. The number of hydrogen-bond donors (Lipinski definition) is 2. The van der Waals surface area contributed by atoms with Gasteiger partial charge in [-0.15, -0.1) is 0 Å². The summed E-state index contributed by atoms with van der Waals surface area (Å²) in [7, 11) is -3.96. The SMILES string of the molecule is CC[C@@H](NC(=O)c1ccc(Cl)c(S(=O)(=O)Nc2ccccc2)c1)c1ccc2c(c1)CCCC2. The second-order valence-electron chi connectivity index (χ2n) is 8.29. The summed E-state index contributed by atoms with van der Waals surface area (Å²) in [6.07, 6.45) is 5.32. The average molecular weight is 483 g/mol. The number of rotatable bonds is 7. The minimum atomic E-state index is -3.96. The number of carbonyl (C=O) groups is 1. The summed E-state index contributed by atoms with van der Waals surface area (Å²) in [5, 5.41) is 3.11. The molecular weight excluding hydrogens is 456 g/mol. The molecule has 5 nitrogen and oxygen atoms in total. The molecule has 0 fully saturated rings. The Bertz CT molecular complexity index is 1260. The molecular formula is C26H27ClN2O3S. The summed E-state index contributed by atoms with van der Waals surface area (Å²) < 4.78 is 28.3. The lowest BCUT2D eigenvalue weighted by Crippen LogP contribution is -2.28. The van der Waals surface area contributed by atoms with Gasteiger partial charge in [0.15, 0.2) is 0 Å². The molecule has 1 amide bonds. The highest BCUT2D eigenvalue weighted by Gasteiger charge is 2.22. The Labute approximate surface area is 200 Å². The molecule has 3 aromatic rings. The van der Waals surface area contributed by atoms with Gasteiger partial charge in [-0.05, 0) is 79.1 Å². The number of nitrogens with one attached hydrogen (secondary N) is 2. The van der Waals surface area contributed by atoms with Crippen LogP contribution in [0.25, 0.3) is 0 Å². The van der Waals surface area contributed by atoms with Crippen molar-refractivity contribution in [2.24, 2.45) is 0 Å². The van der Waals surface area contributed by atoms with Crippen LogP contribution in [-0.2, 0) is 22.9 Å². The summed E-state index contributed by atoms with van der Waals surface area (Å²) in [6.45, 7) is 2.02.